The van der Waals surface area contributed by atoms with E-state index in [2.05, 4.69) is 4.74 Å². The normalized spacial score (nSPS) is 12.1. The van der Waals surface area contributed by atoms with Gasteiger partial charge in [0.15, 0.2) is 40.5 Å². The third kappa shape index (κ3) is 45.7. The molecule has 0 fully saturated rings. The summed E-state index contributed by atoms with van der Waals surface area (Å²) < 4.78 is 83.8. The lowest BCUT2D eigenvalue weighted by molar-refractivity contribution is -0.274. The Labute approximate surface area is 861 Å². The molecular formula is C112H120ClF3O19S7. The molecule has 12 aromatic rings. The average Bonchev–Trinajstić information content (AvgIpc) is 0.716. The number of hydrogen-bond acceptors (Lipinski definition) is 24. The number of aliphatic hydroxyl groups excluding tert-OH is 3. The number of halogens is 4. The topological polar surface area (TPSA) is 298 Å². The minimum atomic E-state index is -4.74. The number of ether oxygens (including phenoxy) is 5. The lowest BCUT2D eigenvalue weighted by atomic mass is 10.0. The fourth-order valence-electron chi connectivity index (χ4n) is 13.7. The molecule has 142 heavy (non-hydrogen) atoms. The van der Waals surface area contributed by atoms with Crippen LogP contribution in [-0.4, -0.2) is 183 Å². The summed E-state index contributed by atoms with van der Waals surface area (Å²) in [5.74, 6) is 5.44. The highest BCUT2D eigenvalue weighted by Crippen LogP contribution is 2.41. The molecular weight excluding hydrogens is 1970 g/mol. The lowest BCUT2D eigenvalue weighted by Gasteiger charge is -2.17. The van der Waals surface area contributed by atoms with Crippen molar-refractivity contribution in [1.82, 2.24) is 0 Å². The molecule has 0 heterocycles. The second-order valence-electron chi connectivity index (χ2n) is 31.6. The van der Waals surface area contributed by atoms with E-state index in [4.69, 9.17) is 51.0 Å². The van der Waals surface area contributed by atoms with Gasteiger partial charge in [0.2, 0.25) is 0 Å². The zero-order chi connectivity index (χ0) is 103. The molecule has 0 aliphatic carbocycles. The number of alkyl halides is 3. The molecule has 12 rings (SSSR count). The number of carbonyl (C=O) groups excluding carboxylic acids is 7. The number of aliphatic hydroxyl groups is 3. The number of hydrogen-bond donors (Lipinski definition) is 4. The maximum absolute atomic E-state index is 12.6. The van der Waals surface area contributed by atoms with Gasteiger partial charge in [0.25, 0.3) is 0 Å². The maximum atomic E-state index is 12.6. The molecule has 12 aromatic carbocycles. The van der Waals surface area contributed by atoms with Crippen molar-refractivity contribution in [2.45, 2.75) is 96.2 Å². The number of carboxylic acids is 1. The summed E-state index contributed by atoms with van der Waals surface area (Å²) in [5, 5.41) is 36.4. The maximum Gasteiger partial charge on any atom is 0.573 e. The molecule has 752 valence electrons. The summed E-state index contributed by atoms with van der Waals surface area (Å²) >= 11 is 15.3. The summed E-state index contributed by atoms with van der Waals surface area (Å²) in [6, 6.07) is 98.7. The monoisotopic (exact) mass is 2080 g/mol. The van der Waals surface area contributed by atoms with Crippen LogP contribution in [0, 0.1) is 0 Å². The molecule has 19 nitrogen and oxygen atoms in total. The summed E-state index contributed by atoms with van der Waals surface area (Å²) in [6.07, 6.45) is -0.677. The molecule has 0 radical (unpaired) electrons. The van der Waals surface area contributed by atoms with Crippen LogP contribution in [0.5, 0.6) is 23.0 Å². The van der Waals surface area contributed by atoms with Crippen molar-refractivity contribution in [2.75, 3.05) is 101 Å². The van der Waals surface area contributed by atoms with Gasteiger partial charge in [-0.05, 0) is 113 Å². The molecule has 6 atom stereocenters. The Hall–Kier alpha value is -11.0. The highest BCUT2D eigenvalue weighted by Gasteiger charge is 2.32. The predicted octanol–water partition coefficient (Wildman–Crippen LogP) is 25.7. The van der Waals surface area contributed by atoms with Crippen LogP contribution in [0.3, 0.4) is 0 Å². The van der Waals surface area contributed by atoms with Gasteiger partial charge in [-0.1, -0.05) is 279 Å². The largest absolute Gasteiger partial charge is 0.573 e. The first-order valence-electron chi connectivity index (χ1n) is 45.5. The van der Waals surface area contributed by atoms with E-state index >= 15 is 0 Å². The zero-order valence-corrected chi connectivity index (χ0v) is 86.3. The Bertz CT molecular complexity index is 5820. The van der Waals surface area contributed by atoms with E-state index in [1.807, 2.05) is 255 Å². The van der Waals surface area contributed by atoms with Crippen molar-refractivity contribution in [3.05, 3.63) is 405 Å². The molecule has 0 saturated heterocycles. The number of benzene rings is 12. The van der Waals surface area contributed by atoms with Gasteiger partial charge >= 0.3 is 12.3 Å². The predicted molar refractivity (Wildman–Crippen MR) is 573 cm³/mol. The standard InChI is InChI=1S/C20H24O4S2.C19H20O4S.C19H22O3S.C19H20O3S.C18H17F3O3S.C17H17ClO2S/c1-24-18-11-9-17(10-12-18)20(25-13-6-14-26(2,22)23)15-19(21)16-7-4-3-5-8-16;1-23-16-9-7-15(8-10-16)18(24-12-11-19(21)22)13-17(20)14-5-3-2-4-6-14;1-21-12-13-23-19(16-8-10-17(22-2)11-9-16)14-18(20)15-6-4-3-5-7-15;1-14(21)15-7-9-17(10-8-15)19(23-12-11-20)13-18(22)16-5-3-2-4-6-16;19-18(20,21)24-15-8-6-14(7-9-15)17(25-11-10-22)12-16(23)13-4-2-1-3-5-13;18-15-8-6-14(7-9-15)17(21-11-10-19)12-16(20)13-4-2-1-3-5-13/h3-5,7-12,20H,6,13-15H2,1-2H3;2-10,18H,11-13H2,1H3,(H,21,22);3-11,19H,12-14H2,1-2H3;2-10,19-20H,11-13H2,1H3;1-9,17,22H,10-12H2;1-9,17,19H,10-12H2. The molecule has 0 spiro atoms. The van der Waals surface area contributed by atoms with Crippen molar-refractivity contribution < 1.29 is 104 Å². The molecule has 4 N–H and O–H groups in total. The molecule has 0 aromatic heterocycles. The second-order valence-corrected chi connectivity index (χ2v) is 42.1. The number of carbonyl (C=O) groups is 8. The van der Waals surface area contributed by atoms with Crippen LogP contribution in [0.1, 0.15) is 196 Å². The molecule has 0 saturated carbocycles. The number of aliphatic carboxylic acids is 1. The summed E-state index contributed by atoms with van der Waals surface area (Å²) in [6.45, 7) is 2.35. The van der Waals surface area contributed by atoms with Gasteiger partial charge in [0.1, 0.15) is 32.8 Å². The minimum Gasteiger partial charge on any atom is -0.497 e. The van der Waals surface area contributed by atoms with Crippen molar-refractivity contribution in [3.8, 4) is 23.0 Å². The Balaban J connectivity index is 0.000000232. The van der Waals surface area contributed by atoms with Gasteiger partial charge in [-0.3, -0.25) is 38.4 Å². The zero-order valence-electron chi connectivity index (χ0n) is 79.9. The van der Waals surface area contributed by atoms with Gasteiger partial charge in [-0.25, -0.2) is 8.42 Å². The third-order valence-electron chi connectivity index (χ3n) is 21.1. The fourth-order valence-corrected chi connectivity index (χ4v) is 21.3. The SMILES string of the molecule is CC(=O)c1ccc(C(CC(=O)c2ccccc2)SCCO)cc1.COCCSC(CC(=O)c1ccccc1)c1ccc(OC)cc1.COc1ccc(C(CC(=O)c2ccccc2)SCCC(=O)O)cc1.COc1ccc(C(CC(=O)c2ccccc2)SCCCS(C)(=O)=O)cc1.O=C(CC(SCCO)c1ccc(Cl)cc1)c1ccccc1.O=C(CC(SCCO)c1ccc(OC(F)(F)F)cc1)c1ccccc1. The van der Waals surface area contributed by atoms with E-state index in [9.17, 15) is 59.9 Å². The van der Waals surface area contributed by atoms with Gasteiger partial charge in [-0.15, -0.1) is 13.2 Å². The molecule has 0 bridgehead atoms. The molecule has 0 aliphatic heterocycles. The second kappa shape index (κ2) is 66.0. The Morgan fingerprint density at radius 3 is 0.782 bits per heavy atom. The van der Waals surface area contributed by atoms with Crippen LogP contribution in [0.4, 0.5) is 13.2 Å². The molecule has 0 aliphatic rings. The fraction of sp³-hybridized carbons (Fsp3) is 0.286. The third-order valence-corrected chi connectivity index (χ3v) is 30.1. The van der Waals surface area contributed by atoms with Crippen LogP contribution in [0.25, 0.3) is 0 Å². The number of thioether (sulfide) groups is 6. The minimum absolute atomic E-state index is 0.0202. The quantitative estimate of drug-likeness (QED) is 0.0203. The van der Waals surface area contributed by atoms with Gasteiger partial charge in [-0.2, -0.15) is 70.6 Å². The van der Waals surface area contributed by atoms with Crippen molar-refractivity contribution in [3.63, 3.8) is 0 Å². The number of ketones is 7. The van der Waals surface area contributed by atoms with Crippen molar-refractivity contribution >= 4 is 138 Å². The van der Waals surface area contributed by atoms with E-state index in [1.54, 1.807) is 124 Å². The van der Waals surface area contributed by atoms with Crippen molar-refractivity contribution in [2.24, 2.45) is 0 Å². The van der Waals surface area contributed by atoms with Crippen LogP contribution < -0.4 is 18.9 Å². The number of rotatable bonds is 51. The first kappa shape index (κ1) is 118. The Kier molecular flexibility index (Phi) is 54.8. The lowest BCUT2D eigenvalue weighted by Crippen LogP contribution is -2.17. The summed E-state index contributed by atoms with van der Waals surface area (Å²) in [4.78, 5) is 96.9. The van der Waals surface area contributed by atoms with Crippen LogP contribution >= 0.6 is 82.2 Å². The van der Waals surface area contributed by atoms with Crippen molar-refractivity contribution in [1.29, 1.82) is 0 Å². The van der Waals surface area contributed by atoms with E-state index in [-0.39, 0.29) is 116 Å². The highest BCUT2D eigenvalue weighted by molar-refractivity contribution is 8.00. The molecule has 6 unspecified atom stereocenters. The van der Waals surface area contributed by atoms with Crippen LogP contribution in [0.2, 0.25) is 5.02 Å². The van der Waals surface area contributed by atoms with E-state index in [1.165, 1.54) is 61.0 Å². The summed E-state index contributed by atoms with van der Waals surface area (Å²) in [5.41, 5.74) is 10.7. The number of sulfone groups is 1. The van der Waals surface area contributed by atoms with E-state index in [0.29, 0.717) is 112 Å². The van der Waals surface area contributed by atoms with E-state index < -0.39 is 22.2 Å². The first-order chi connectivity index (χ1) is 68.4. The highest BCUT2D eigenvalue weighted by atomic mass is 35.5. The average molecular weight is 2090 g/mol. The van der Waals surface area contributed by atoms with Crippen LogP contribution in [-0.2, 0) is 19.4 Å². The Morgan fingerprint density at radius 2 is 0.556 bits per heavy atom. The Morgan fingerprint density at radius 1 is 0.324 bits per heavy atom. The first-order valence-corrected chi connectivity index (χ1v) is 54.2. The van der Waals surface area contributed by atoms with Crippen LogP contribution in [0.15, 0.2) is 328 Å². The summed E-state index contributed by atoms with van der Waals surface area (Å²) in [7, 11) is 3.61. The van der Waals surface area contributed by atoms with Gasteiger partial charge < -0.3 is 44.1 Å². The number of carboxylic acid groups (broad SMARTS) is 1. The molecule has 30 heteroatoms. The number of Topliss-reactive ketones (excluding diaryl/α,β-unsaturated/α-hetero) is 7. The smallest absolute Gasteiger partial charge is 0.497 e. The van der Waals surface area contributed by atoms with Gasteiger partial charge in [0.05, 0.1) is 59.9 Å². The van der Waals surface area contributed by atoms with Gasteiger partial charge in [0, 0.05) is 156 Å². The van der Waals surface area contributed by atoms with E-state index in [0.717, 1.165) is 61.9 Å². The number of methoxy groups -OCH3 is 4. The molecule has 0 amide bonds.